The van der Waals surface area contributed by atoms with E-state index in [2.05, 4.69) is 25.6 Å². The highest BCUT2D eigenvalue weighted by Crippen LogP contribution is 2.23. The van der Waals surface area contributed by atoms with Gasteiger partial charge in [-0.15, -0.1) is 0 Å². The normalized spacial score (nSPS) is 16.7. The number of pyridine rings is 1. The Labute approximate surface area is 132 Å². The molecule has 1 aliphatic carbocycles. The van der Waals surface area contributed by atoms with Crippen LogP contribution in [0.1, 0.15) is 25.7 Å². The molecule has 0 radical (unpaired) electrons. The molecular weight excluding hydrogens is 368 g/mol. The summed E-state index contributed by atoms with van der Waals surface area (Å²) in [5, 5.41) is -0.0441. The summed E-state index contributed by atoms with van der Waals surface area (Å²) < 4.78 is 32.8. The zero-order chi connectivity index (χ0) is 14.6. The standard InChI is InChI=1S/C12H16BrClN2O3S/c13-9-7-11(12(14)15-8-9)20(17,18)16-5-6-19-10-3-1-2-4-10/h7-8,10,16H,1-6H2. The van der Waals surface area contributed by atoms with Crippen LogP contribution in [-0.4, -0.2) is 32.7 Å². The molecule has 112 valence electrons. The number of aromatic nitrogens is 1. The third-order valence-electron chi connectivity index (χ3n) is 3.11. The number of rotatable bonds is 6. The molecule has 1 aromatic rings. The van der Waals surface area contributed by atoms with E-state index in [4.69, 9.17) is 16.3 Å². The fourth-order valence-corrected chi connectivity index (χ4v) is 4.08. The summed E-state index contributed by atoms with van der Waals surface area (Å²) in [6, 6.07) is 1.43. The van der Waals surface area contributed by atoms with Crippen LogP contribution in [0.15, 0.2) is 21.6 Å². The van der Waals surface area contributed by atoms with Gasteiger partial charge < -0.3 is 4.74 Å². The highest BCUT2D eigenvalue weighted by atomic mass is 79.9. The van der Waals surface area contributed by atoms with E-state index in [1.807, 2.05) is 0 Å². The average Bonchev–Trinajstić information content (AvgIpc) is 2.90. The number of hydrogen-bond donors (Lipinski definition) is 1. The first-order chi connectivity index (χ1) is 9.49. The Kier molecular flexibility index (Phi) is 5.80. The van der Waals surface area contributed by atoms with Gasteiger partial charge in [0.25, 0.3) is 0 Å². The number of ether oxygens (including phenoxy) is 1. The summed E-state index contributed by atoms with van der Waals surface area (Å²) >= 11 is 8.99. The molecule has 0 aromatic carbocycles. The zero-order valence-electron chi connectivity index (χ0n) is 10.8. The molecule has 20 heavy (non-hydrogen) atoms. The second-order valence-corrected chi connectivity index (χ2v) is 7.63. The summed E-state index contributed by atoms with van der Waals surface area (Å²) in [5.74, 6) is 0. The lowest BCUT2D eigenvalue weighted by Gasteiger charge is -2.12. The van der Waals surface area contributed by atoms with Crippen molar-refractivity contribution < 1.29 is 13.2 Å². The minimum atomic E-state index is -3.66. The predicted octanol–water partition coefficient (Wildman–Crippen LogP) is 2.74. The van der Waals surface area contributed by atoms with Crippen molar-refractivity contribution >= 4 is 37.6 Å². The van der Waals surface area contributed by atoms with Crippen LogP contribution in [0.2, 0.25) is 5.15 Å². The Morgan fingerprint density at radius 1 is 1.45 bits per heavy atom. The molecule has 2 rings (SSSR count). The van der Waals surface area contributed by atoms with E-state index < -0.39 is 10.0 Å². The molecule has 1 aromatic heterocycles. The Morgan fingerprint density at radius 2 is 2.15 bits per heavy atom. The van der Waals surface area contributed by atoms with Gasteiger partial charge in [0, 0.05) is 17.2 Å². The molecule has 0 unspecified atom stereocenters. The Balaban J connectivity index is 1.88. The number of nitrogens with one attached hydrogen (secondary N) is 1. The minimum Gasteiger partial charge on any atom is -0.377 e. The van der Waals surface area contributed by atoms with Crippen LogP contribution in [0.3, 0.4) is 0 Å². The third-order valence-corrected chi connectivity index (χ3v) is 5.43. The second kappa shape index (κ2) is 7.17. The molecule has 1 aliphatic rings. The van der Waals surface area contributed by atoms with Gasteiger partial charge in [0.2, 0.25) is 10.0 Å². The maximum absolute atomic E-state index is 12.1. The number of halogens is 2. The van der Waals surface area contributed by atoms with Gasteiger partial charge in [0.15, 0.2) is 0 Å². The minimum absolute atomic E-state index is 0.0330. The number of hydrogen-bond acceptors (Lipinski definition) is 4. The van der Waals surface area contributed by atoms with Crippen molar-refractivity contribution in [1.82, 2.24) is 9.71 Å². The van der Waals surface area contributed by atoms with Gasteiger partial charge in [-0.05, 0) is 34.8 Å². The number of sulfonamides is 1. The molecule has 0 spiro atoms. The van der Waals surface area contributed by atoms with Crippen LogP contribution in [0.5, 0.6) is 0 Å². The van der Waals surface area contributed by atoms with E-state index in [9.17, 15) is 8.42 Å². The van der Waals surface area contributed by atoms with Crippen molar-refractivity contribution in [2.45, 2.75) is 36.7 Å². The molecule has 1 heterocycles. The largest absolute Gasteiger partial charge is 0.377 e. The third kappa shape index (κ3) is 4.39. The van der Waals surface area contributed by atoms with Crippen LogP contribution in [-0.2, 0) is 14.8 Å². The summed E-state index contributed by atoms with van der Waals surface area (Å²) in [7, 11) is -3.66. The average molecular weight is 384 g/mol. The van der Waals surface area contributed by atoms with E-state index in [1.165, 1.54) is 25.1 Å². The lowest BCUT2D eigenvalue weighted by atomic mass is 10.3. The second-order valence-electron chi connectivity index (χ2n) is 4.62. The molecule has 0 atom stereocenters. The fourth-order valence-electron chi connectivity index (χ4n) is 2.13. The molecule has 1 fully saturated rings. The summed E-state index contributed by atoms with van der Waals surface area (Å²) in [6.07, 6.45) is 6.23. The summed E-state index contributed by atoms with van der Waals surface area (Å²) in [6.45, 7) is 0.588. The SMILES string of the molecule is O=S(=O)(NCCOC1CCCC1)c1cc(Br)cnc1Cl. The van der Waals surface area contributed by atoms with Crippen molar-refractivity contribution in [3.63, 3.8) is 0 Å². The van der Waals surface area contributed by atoms with Gasteiger partial charge in [-0.2, -0.15) is 0 Å². The monoisotopic (exact) mass is 382 g/mol. The Hall–Kier alpha value is -0.210. The molecule has 1 saturated carbocycles. The van der Waals surface area contributed by atoms with Crippen molar-refractivity contribution in [2.75, 3.05) is 13.2 Å². The highest BCUT2D eigenvalue weighted by Gasteiger charge is 2.20. The quantitative estimate of drug-likeness (QED) is 0.606. The maximum Gasteiger partial charge on any atom is 0.243 e. The number of nitrogens with zero attached hydrogens (tertiary/aromatic N) is 1. The predicted molar refractivity (Wildman–Crippen MR) is 80.3 cm³/mol. The molecule has 8 heteroatoms. The molecule has 0 bridgehead atoms. The topological polar surface area (TPSA) is 68.3 Å². The first kappa shape index (κ1) is 16.2. The van der Waals surface area contributed by atoms with Crippen LogP contribution in [0, 0.1) is 0 Å². The Morgan fingerprint density at radius 3 is 2.85 bits per heavy atom. The van der Waals surface area contributed by atoms with E-state index >= 15 is 0 Å². The summed E-state index contributed by atoms with van der Waals surface area (Å²) in [4.78, 5) is 3.77. The van der Waals surface area contributed by atoms with Gasteiger partial charge in [-0.3, -0.25) is 0 Å². The van der Waals surface area contributed by atoms with Crippen molar-refractivity contribution in [3.8, 4) is 0 Å². The summed E-state index contributed by atoms with van der Waals surface area (Å²) in [5.41, 5.74) is 0. The van der Waals surface area contributed by atoms with Gasteiger partial charge in [-0.25, -0.2) is 18.1 Å². The van der Waals surface area contributed by atoms with Gasteiger partial charge >= 0.3 is 0 Å². The van der Waals surface area contributed by atoms with Crippen LogP contribution >= 0.6 is 27.5 Å². The van der Waals surface area contributed by atoms with E-state index in [0.29, 0.717) is 11.1 Å². The zero-order valence-corrected chi connectivity index (χ0v) is 14.0. The molecule has 1 N–H and O–H groups in total. The van der Waals surface area contributed by atoms with Crippen molar-refractivity contribution in [2.24, 2.45) is 0 Å². The smallest absolute Gasteiger partial charge is 0.243 e. The van der Waals surface area contributed by atoms with Gasteiger partial charge in [0.05, 0.1) is 12.7 Å². The first-order valence-corrected chi connectivity index (χ1v) is 9.07. The van der Waals surface area contributed by atoms with Crippen LogP contribution in [0.25, 0.3) is 0 Å². The molecule has 0 saturated heterocycles. The molecule has 5 nitrogen and oxygen atoms in total. The van der Waals surface area contributed by atoms with Gasteiger partial charge in [-0.1, -0.05) is 24.4 Å². The molecular formula is C12H16BrClN2O3S. The van der Waals surface area contributed by atoms with E-state index in [0.717, 1.165) is 12.8 Å². The lowest BCUT2D eigenvalue weighted by Crippen LogP contribution is -2.29. The van der Waals surface area contributed by atoms with E-state index in [-0.39, 0.29) is 22.7 Å². The van der Waals surface area contributed by atoms with Crippen molar-refractivity contribution in [3.05, 3.63) is 21.9 Å². The van der Waals surface area contributed by atoms with Crippen LogP contribution < -0.4 is 4.72 Å². The Bertz CT molecular complexity index is 562. The fraction of sp³-hybridized carbons (Fsp3) is 0.583. The van der Waals surface area contributed by atoms with Crippen LogP contribution in [0.4, 0.5) is 0 Å². The molecule has 0 amide bonds. The first-order valence-electron chi connectivity index (χ1n) is 6.41. The van der Waals surface area contributed by atoms with Gasteiger partial charge in [0.1, 0.15) is 10.0 Å². The lowest BCUT2D eigenvalue weighted by molar-refractivity contribution is 0.0626. The molecule has 0 aliphatic heterocycles. The maximum atomic E-state index is 12.1. The highest BCUT2D eigenvalue weighted by molar-refractivity contribution is 9.10. The van der Waals surface area contributed by atoms with Crippen molar-refractivity contribution in [1.29, 1.82) is 0 Å². The van der Waals surface area contributed by atoms with E-state index in [1.54, 1.807) is 0 Å².